The molecule has 2 aromatic rings. The summed E-state index contributed by atoms with van der Waals surface area (Å²) in [7, 11) is 4.05. The Balaban J connectivity index is 1.81. The molecule has 1 amide bonds. The van der Waals surface area contributed by atoms with Gasteiger partial charge in [-0.3, -0.25) is 4.79 Å². The maximum absolute atomic E-state index is 13.0. The van der Waals surface area contributed by atoms with Crippen LogP contribution in [0.5, 0.6) is 0 Å². The molecule has 0 N–H and O–H groups in total. The number of aryl methyl sites for hydroxylation is 1. The standard InChI is InChI=1S/C21H24N2O/c1-15-4-6-16(7-5-15)17-8-9-19-18(14-17)21(20(24)23(19)3)10-12-22(2)13-11-21/h4-9,14H,10-13H2,1-3H3. The van der Waals surface area contributed by atoms with E-state index in [4.69, 9.17) is 0 Å². The first kappa shape index (κ1) is 15.4. The molecule has 0 aromatic heterocycles. The van der Waals surface area contributed by atoms with E-state index in [0.29, 0.717) is 0 Å². The first-order chi connectivity index (χ1) is 11.5. The van der Waals surface area contributed by atoms with Crippen molar-refractivity contribution < 1.29 is 4.79 Å². The highest BCUT2D eigenvalue weighted by molar-refractivity contribution is 6.08. The molecule has 0 aliphatic carbocycles. The topological polar surface area (TPSA) is 23.6 Å². The van der Waals surface area contributed by atoms with Crippen LogP contribution in [0.1, 0.15) is 24.0 Å². The van der Waals surface area contributed by atoms with E-state index in [1.54, 1.807) is 0 Å². The average Bonchev–Trinajstić information content (AvgIpc) is 2.80. The summed E-state index contributed by atoms with van der Waals surface area (Å²) in [4.78, 5) is 17.2. The quantitative estimate of drug-likeness (QED) is 0.801. The van der Waals surface area contributed by atoms with E-state index < -0.39 is 0 Å². The molecule has 4 rings (SSSR count). The summed E-state index contributed by atoms with van der Waals surface area (Å²) in [5.74, 6) is 0.270. The molecule has 0 unspecified atom stereocenters. The third-order valence-corrected chi connectivity index (χ3v) is 5.81. The highest BCUT2D eigenvalue weighted by atomic mass is 16.2. The van der Waals surface area contributed by atoms with E-state index in [1.807, 2.05) is 11.9 Å². The number of hydrogen-bond donors (Lipinski definition) is 0. The van der Waals surface area contributed by atoms with Gasteiger partial charge < -0.3 is 9.80 Å². The van der Waals surface area contributed by atoms with Crippen molar-refractivity contribution in [2.24, 2.45) is 0 Å². The Hall–Kier alpha value is -2.13. The smallest absolute Gasteiger partial charge is 0.237 e. The van der Waals surface area contributed by atoms with Crippen molar-refractivity contribution in [2.45, 2.75) is 25.2 Å². The number of carbonyl (C=O) groups excluding carboxylic acids is 1. The zero-order valence-corrected chi connectivity index (χ0v) is 14.7. The fourth-order valence-electron chi connectivity index (χ4n) is 4.17. The lowest BCUT2D eigenvalue weighted by molar-refractivity contribution is -0.124. The number of benzene rings is 2. The van der Waals surface area contributed by atoms with Crippen LogP contribution in [0.25, 0.3) is 11.1 Å². The molecule has 2 aromatic carbocycles. The SMILES string of the molecule is Cc1ccc(-c2ccc3c(c2)C2(CCN(C)CC2)C(=O)N3C)cc1. The van der Waals surface area contributed by atoms with Crippen molar-refractivity contribution in [2.75, 3.05) is 32.1 Å². The normalized spacial score (nSPS) is 19.8. The third kappa shape index (κ3) is 2.19. The van der Waals surface area contributed by atoms with Crippen molar-refractivity contribution >= 4 is 11.6 Å². The lowest BCUT2D eigenvalue weighted by Crippen LogP contribution is -2.47. The van der Waals surface area contributed by atoms with Gasteiger partial charge in [-0.15, -0.1) is 0 Å². The van der Waals surface area contributed by atoms with E-state index in [-0.39, 0.29) is 11.3 Å². The number of hydrogen-bond acceptors (Lipinski definition) is 2. The fraction of sp³-hybridized carbons (Fsp3) is 0.381. The Morgan fingerprint density at radius 3 is 2.21 bits per heavy atom. The van der Waals surface area contributed by atoms with E-state index in [1.165, 1.54) is 22.3 Å². The van der Waals surface area contributed by atoms with Gasteiger partial charge in [-0.25, -0.2) is 0 Å². The van der Waals surface area contributed by atoms with Crippen LogP contribution in [0.3, 0.4) is 0 Å². The molecule has 0 saturated carbocycles. The molecule has 1 spiro atoms. The van der Waals surface area contributed by atoms with Crippen LogP contribution < -0.4 is 4.90 Å². The van der Waals surface area contributed by atoms with Crippen molar-refractivity contribution in [3.05, 3.63) is 53.6 Å². The molecule has 0 atom stereocenters. The number of likely N-dealkylation sites (tertiary alicyclic amines) is 1. The Morgan fingerprint density at radius 2 is 1.54 bits per heavy atom. The largest absolute Gasteiger partial charge is 0.314 e. The predicted octanol–water partition coefficient (Wildman–Crippen LogP) is 3.60. The minimum absolute atomic E-state index is 0.270. The average molecular weight is 320 g/mol. The molecule has 2 heterocycles. The highest BCUT2D eigenvalue weighted by Crippen LogP contribution is 2.48. The van der Waals surface area contributed by atoms with Crippen LogP contribution in [-0.2, 0) is 10.2 Å². The fourth-order valence-corrected chi connectivity index (χ4v) is 4.17. The number of carbonyl (C=O) groups is 1. The lowest BCUT2D eigenvalue weighted by atomic mass is 9.73. The van der Waals surface area contributed by atoms with Crippen LogP contribution in [-0.4, -0.2) is 38.0 Å². The molecule has 24 heavy (non-hydrogen) atoms. The van der Waals surface area contributed by atoms with Gasteiger partial charge in [0, 0.05) is 12.7 Å². The first-order valence-electron chi connectivity index (χ1n) is 8.69. The lowest BCUT2D eigenvalue weighted by Gasteiger charge is -2.36. The van der Waals surface area contributed by atoms with Gasteiger partial charge in [0.15, 0.2) is 0 Å². The second-order valence-electron chi connectivity index (χ2n) is 7.35. The van der Waals surface area contributed by atoms with Crippen LogP contribution >= 0.6 is 0 Å². The molecule has 1 fully saturated rings. The Bertz CT molecular complexity index is 786. The summed E-state index contributed by atoms with van der Waals surface area (Å²) < 4.78 is 0. The molecule has 3 nitrogen and oxygen atoms in total. The molecule has 1 saturated heterocycles. The molecule has 3 heteroatoms. The zero-order chi connectivity index (χ0) is 16.9. The number of rotatable bonds is 1. The summed E-state index contributed by atoms with van der Waals surface area (Å²) in [6.07, 6.45) is 1.83. The van der Waals surface area contributed by atoms with Gasteiger partial charge in [-0.05, 0) is 68.7 Å². The summed E-state index contributed by atoms with van der Waals surface area (Å²) in [5, 5.41) is 0. The summed E-state index contributed by atoms with van der Waals surface area (Å²) in [6.45, 7) is 4.06. The van der Waals surface area contributed by atoms with Crippen molar-refractivity contribution in [1.82, 2.24) is 4.90 Å². The van der Waals surface area contributed by atoms with Crippen LogP contribution in [0.15, 0.2) is 42.5 Å². The number of fused-ring (bicyclic) bond motifs is 2. The number of amides is 1. The summed E-state index contributed by atoms with van der Waals surface area (Å²) in [6, 6.07) is 15.1. The molecule has 0 radical (unpaired) electrons. The minimum Gasteiger partial charge on any atom is -0.314 e. The van der Waals surface area contributed by atoms with Crippen molar-refractivity contribution in [3.63, 3.8) is 0 Å². The summed E-state index contributed by atoms with van der Waals surface area (Å²) in [5.41, 5.74) is 5.67. The van der Waals surface area contributed by atoms with Crippen molar-refractivity contribution in [1.29, 1.82) is 0 Å². The van der Waals surface area contributed by atoms with Crippen molar-refractivity contribution in [3.8, 4) is 11.1 Å². The number of piperidine rings is 1. The van der Waals surface area contributed by atoms with E-state index >= 15 is 0 Å². The maximum atomic E-state index is 13.0. The number of nitrogens with zero attached hydrogens (tertiary/aromatic N) is 2. The van der Waals surface area contributed by atoms with Crippen LogP contribution in [0, 0.1) is 6.92 Å². The van der Waals surface area contributed by atoms with Gasteiger partial charge in [0.05, 0.1) is 5.41 Å². The number of anilines is 1. The Morgan fingerprint density at radius 1 is 0.917 bits per heavy atom. The predicted molar refractivity (Wildman–Crippen MR) is 98.4 cm³/mol. The molecule has 124 valence electrons. The third-order valence-electron chi connectivity index (χ3n) is 5.81. The van der Waals surface area contributed by atoms with E-state index in [0.717, 1.165) is 31.6 Å². The second kappa shape index (κ2) is 5.45. The molecular weight excluding hydrogens is 296 g/mol. The van der Waals surface area contributed by atoms with Gasteiger partial charge in [0.25, 0.3) is 0 Å². The number of likely N-dealkylation sites (N-methyl/N-ethyl adjacent to an activating group) is 1. The van der Waals surface area contributed by atoms with E-state index in [2.05, 4.69) is 61.3 Å². The van der Waals surface area contributed by atoms with Gasteiger partial charge in [-0.2, -0.15) is 0 Å². The van der Waals surface area contributed by atoms with Gasteiger partial charge in [-0.1, -0.05) is 35.9 Å². The molecular formula is C21H24N2O. The highest BCUT2D eigenvalue weighted by Gasteiger charge is 2.50. The first-order valence-corrected chi connectivity index (χ1v) is 8.69. The summed E-state index contributed by atoms with van der Waals surface area (Å²) >= 11 is 0. The Kier molecular flexibility index (Phi) is 3.50. The second-order valence-corrected chi connectivity index (χ2v) is 7.35. The molecule has 0 bridgehead atoms. The van der Waals surface area contributed by atoms with Gasteiger partial charge in [0.1, 0.15) is 0 Å². The molecule has 2 aliphatic heterocycles. The van der Waals surface area contributed by atoms with E-state index in [9.17, 15) is 4.79 Å². The maximum Gasteiger partial charge on any atom is 0.237 e. The van der Waals surface area contributed by atoms with Crippen LogP contribution in [0.4, 0.5) is 5.69 Å². The Labute approximate surface area is 143 Å². The zero-order valence-electron chi connectivity index (χ0n) is 14.7. The minimum atomic E-state index is -0.322. The molecule has 2 aliphatic rings. The monoisotopic (exact) mass is 320 g/mol. The van der Waals surface area contributed by atoms with Gasteiger partial charge in [0.2, 0.25) is 5.91 Å². The van der Waals surface area contributed by atoms with Gasteiger partial charge >= 0.3 is 0 Å². The van der Waals surface area contributed by atoms with Crippen LogP contribution in [0.2, 0.25) is 0 Å².